The zero-order valence-corrected chi connectivity index (χ0v) is 27.3. The first kappa shape index (κ1) is 47.7. The topological polar surface area (TPSA) is 220 Å². The lowest BCUT2D eigenvalue weighted by atomic mass is 10.3. The normalized spacial score (nSPS) is 10.3. The molecular formula is C30H56O14. The van der Waals surface area contributed by atoms with Crippen molar-refractivity contribution < 1.29 is 68.1 Å². The van der Waals surface area contributed by atoms with E-state index in [9.17, 15) is 28.8 Å². The van der Waals surface area contributed by atoms with E-state index in [1.807, 2.05) is 41.5 Å². The van der Waals surface area contributed by atoms with Crippen molar-refractivity contribution in [2.45, 2.75) is 131 Å². The lowest BCUT2D eigenvalue weighted by molar-refractivity contribution is -0.166. The Morgan fingerprint density at radius 1 is 0.500 bits per heavy atom. The third kappa shape index (κ3) is 43.2. The molecule has 0 heterocycles. The van der Waals surface area contributed by atoms with Crippen molar-refractivity contribution in [3.8, 4) is 0 Å². The van der Waals surface area contributed by atoms with Gasteiger partial charge in [-0.1, -0.05) is 41.5 Å². The van der Waals surface area contributed by atoms with Crippen LogP contribution in [0.4, 0.5) is 0 Å². The second-order valence-electron chi connectivity index (χ2n) is 9.28. The number of hydrogen-bond acceptors (Lipinski definition) is 12. The fraction of sp³-hybridized carbons (Fsp3) is 0.800. The molecule has 0 saturated heterocycles. The Morgan fingerprint density at radius 2 is 0.795 bits per heavy atom. The van der Waals surface area contributed by atoms with Crippen LogP contribution < -0.4 is 0 Å². The van der Waals surface area contributed by atoms with Crippen LogP contribution in [0.1, 0.15) is 119 Å². The molecule has 0 aliphatic heterocycles. The van der Waals surface area contributed by atoms with Gasteiger partial charge in [0.25, 0.3) is 0 Å². The molecule has 0 bridgehead atoms. The van der Waals surface area contributed by atoms with Crippen molar-refractivity contribution in [2.75, 3.05) is 26.4 Å². The molecule has 1 unspecified atom stereocenters. The molecule has 0 radical (unpaired) electrons. The molecule has 4 N–H and O–H groups in total. The maximum absolute atomic E-state index is 11.5. The molecule has 0 aromatic heterocycles. The Balaban J connectivity index is -0.000000287. The van der Waals surface area contributed by atoms with Gasteiger partial charge in [0.2, 0.25) is 0 Å². The highest BCUT2D eigenvalue weighted by Gasteiger charge is 2.18. The summed E-state index contributed by atoms with van der Waals surface area (Å²) >= 11 is 0. The monoisotopic (exact) mass is 640 g/mol. The van der Waals surface area contributed by atoms with E-state index in [0.29, 0.717) is 51.4 Å². The number of carboxylic acids is 2. The number of aliphatic hydroxyl groups is 2. The molecule has 14 nitrogen and oxygen atoms in total. The van der Waals surface area contributed by atoms with E-state index >= 15 is 0 Å². The van der Waals surface area contributed by atoms with Gasteiger partial charge in [-0.2, -0.15) is 0 Å². The summed E-state index contributed by atoms with van der Waals surface area (Å²) < 4.78 is 19.8. The Morgan fingerprint density at radius 3 is 1.05 bits per heavy atom. The third-order valence-corrected chi connectivity index (χ3v) is 4.55. The summed E-state index contributed by atoms with van der Waals surface area (Å²) in [7, 11) is 0. The molecule has 0 aromatic carbocycles. The van der Waals surface area contributed by atoms with Crippen LogP contribution >= 0.6 is 0 Å². The standard InChI is InChI=1S/C15H26O6.C7H14O4.2C4H8O2/c1-4-7-13(16)19-10-12(21-15(18)9-6-3)11-20-14(17)8-5-2;1-2-3-7(10)11-5-6(9)4-8;2*1-2-3-4(5)6/h12H,4-11H2,1-3H3;6,8-9H,2-5H2,1H3;2*2-3H2,1H3,(H,5,6). The van der Waals surface area contributed by atoms with Crippen LogP contribution in [0.15, 0.2) is 0 Å². The first-order valence-electron chi connectivity index (χ1n) is 15.2. The number of rotatable bonds is 20. The number of carbonyl (C=O) groups is 6. The number of aliphatic hydroxyl groups excluding tert-OH is 2. The van der Waals surface area contributed by atoms with Crippen LogP contribution in [-0.4, -0.2) is 94.9 Å². The summed E-state index contributed by atoms with van der Waals surface area (Å²) in [4.78, 5) is 64.0. The van der Waals surface area contributed by atoms with Gasteiger partial charge in [0, 0.05) is 38.5 Å². The highest BCUT2D eigenvalue weighted by molar-refractivity contribution is 5.71. The fourth-order valence-corrected chi connectivity index (χ4v) is 2.44. The van der Waals surface area contributed by atoms with Crippen molar-refractivity contribution >= 4 is 35.8 Å². The number of ether oxygens (including phenoxy) is 4. The van der Waals surface area contributed by atoms with Crippen LogP contribution in [0.25, 0.3) is 0 Å². The van der Waals surface area contributed by atoms with Gasteiger partial charge in [-0.05, 0) is 38.5 Å². The number of hydrogen-bond donors (Lipinski definition) is 4. The summed E-state index contributed by atoms with van der Waals surface area (Å²) in [6.07, 6.45) is 4.38. The molecule has 0 fully saturated rings. The van der Waals surface area contributed by atoms with E-state index in [1.165, 1.54) is 0 Å². The third-order valence-electron chi connectivity index (χ3n) is 4.55. The van der Waals surface area contributed by atoms with E-state index < -0.39 is 24.1 Å². The second kappa shape index (κ2) is 35.9. The van der Waals surface area contributed by atoms with Crippen molar-refractivity contribution in [1.29, 1.82) is 0 Å². The van der Waals surface area contributed by atoms with Gasteiger partial charge < -0.3 is 39.4 Å². The molecule has 260 valence electrons. The zero-order valence-electron chi connectivity index (χ0n) is 27.3. The van der Waals surface area contributed by atoms with Crippen LogP contribution in [0.5, 0.6) is 0 Å². The zero-order chi connectivity index (χ0) is 34.8. The van der Waals surface area contributed by atoms with Crippen molar-refractivity contribution in [3.05, 3.63) is 0 Å². The van der Waals surface area contributed by atoms with Crippen LogP contribution in [-0.2, 0) is 47.7 Å². The summed E-state index contributed by atoms with van der Waals surface area (Å²) in [5.41, 5.74) is 0. The van der Waals surface area contributed by atoms with Crippen LogP contribution in [0, 0.1) is 0 Å². The number of carbonyl (C=O) groups excluding carboxylic acids is 4. The fourth-order valence-electron chi connectivity index (χ4n) is 2.44. The van der Waals surface area contributed by atoms with E-state index in [2.05, 4.69) is 4.74 Å². The van der Waals surface area contributed by atoms with Crippen molar-refractivity contribution in [3.63, 3.8) is 0 Å². The molecule has 14 heteroatoms. The molecule has 1 atom stereocenters. The van der Waals surface area contributed by atoms with Gasteiger partial charge in [-0.3, -0.25) is 28.8 Å². The summed E-state index contributed by atoms with van der Waals surface area (Å²) in [5, 5.41) is 32.9. The van der Waals surface area contributed by atoms with Crippen LogP contribution in [0.3, 0.4) is 0 Å². The largest absolute Gasteiger partial charge is 0.481 e. The Bertz CT molecular complexity index is 716. The minimum Gasteiger partial charge on any atom is -0.481 e. The van der Waals surface area contributed by atoms with Gasteiger partial charge in [-0.25, -0.2) is 0 Å². The average Bonchev–Trinajstić information content (AvgIpc) is 2.94. The Hall–Kier alpha value is -3.26. The summed E-state index contributed by atoms with van der Waals surface area (Å²) in [5.74, 6) is -2.85. The minimum atomic E-state index is -0.948. The Labute approximate surface area is 261 Å². The average molecular weight is 641 g/mol. The molecule has 0 amide bonds. The molecule has 44 heavy (non-hydrogen) atoms. The van der Waals surface area contributed by atoms with Gasteiger partial charge in [-0.15, -0.1) is 0 Å². The van der Waals surface area contributed by atoms with Crippen molar-refractivity contribution in [1.82, 2.24) is 0 Å². The number of esters is 4. The van der Waals surface area contributed by atoms with E-state index in [0.717, 1.165) is 19.3 Å². The molecule has 0 aromatic rings. The molecule has 0 saturated carbocycles. The SMILES string of the molecule is CCCC(=O)O.CCCC(=O)O.CCCC(=O)OCC(COC(=O)CCC)OC(=O)CCC.CCCC(=O)OCC(O)CO. The summed E-state index contributed by atoms with van der Waals surface area (Å²) in [6, 6.07) is 0. The predicted octanol–water partition coefficient (Wildman–Crippen LogP) is 3.81. The van der Waals surface area contributed by atoms with E-state index in [-0.39, 0.29) is 56.7 Å². The first-order chi connectivity index (χ1) is 20.8. The molecular weight excluding hydrogens is 584 g/mol. The van der Waals surface area contributed by atoms with E-state index in [4.69, 9.17) is 34.6 Å². The molecule has 0 spiro atoms. The first-order valence-corrected chi connectivity index (χ1v) is 15.2. The summed E-state index contributed by atoms with van der Waals surface area (Å²) in [6.45, 7) is 10.5. The quantitative estimate of drug-likeness (QED) is 0.110. The second-order valence-corrected chi connectivity index (χ2v) is 9.28. The van der Waals surface area contributed by atoms with E-state index in [1.54, 1.807) is 0 Å². The minimum absolute atomic E-state index is 0.0896. The Kier molecular flexibility index (Phi) is 38.9. The van der Waals surface area contributed by atoms with Gasteiger partial charge >= 0.3 is 35.8 Å². The maximum atomic E-state index is 11.5. The lowest BCUT2D eigenvalue weighted by Crippen LogP contribution is -2.30. The van der Waals surface area contributed by atoms with Crippen LogP contribution in [0.2, 0.25) is 0 Å². The highest BCUT2D eigenvalue weighted by Crippen LogP contribution is 2.03. The maximum Gasteiger partial charge on any atom is 0.306 e. The van der Waals surface area contributed by atoms with Gasteiger partial charge in [0.1, 0.15) is 25.9 Å². The van der Waals surface area contributed by atoms with Gasteiger partial charge in [0.15, 0.2) is 6.10 Å². The molecule has 0 aliphatic rings. The molecule has 0 rings (SSSR count). The number of carboxylic acid groups (broad SMARTS) is 2. The van der Waals surface area contributed by atoms with Gasteiger partial charge in [0.05, 0.1) is 6.61 Å². The van der Waals surface area contributed by atoms with Crippen molar-refractivity contribution in [2.24, 2.45) is 0 Å². The highest BCUT2D eigenvalue weighted by atomic mass is 16.6. The lowest BCUT2D eigenvalue weighted by Gasteiger charge is -2.18. The predicted molar refractivity (Wildman–Crippen MR) is 161 cm³/mol. The molecule has 0 aliphatic carbocycles. The smallest absolute Gasteiger partial charge is 0.306 e. The number of aliphatic carboxylic acids is 2.